The first kappa shape index (κ1) is 18.2. The predicted molar refractivity (Wildman–Crippen MR) is 106 cm³/mol. The molecule has 0 bridgehead atoms. The van der Waals surface area contributed by atoms with Crippen molar-refractivity contribution in [3.8, 4) is 0 Å². The first-order chi connectivity index (χ1) is 13.2. The van der Waals surface area contributed by atoms with Crippen molar-refractivity contribution in [2.75, 3.05) is 19.6 Å². The quantitative estimate of drug-likeness (QED) is 0.833. The van der Waals surface area contributed by atoms with Gasteiger partial charge in [0.25, 0.3) is 5.91 Å². The third-order valence-corrected chi connectivity index (χ3v) is 6.33. The Bertz CT molecular complexity index is 801. The molecule has 142 valence electrons. The lowest BCUT2D eigenvalue weighted by atomic mass is 9.98. The van der Waals surface area contributed by atoms with Crippen LogP contribution in [-0.4, -0.2) is 41.3 Å². The Balaban J connectivity index is 1.32. The third-order valence-electron chi connectivity index (χ3n) is 5.28. The van der Waals surface area contributed by atoms with Gasteiger partial charge in [0.15, 0.2) is 0 Å². The van der Waals surface area contributed by atoms with Crippen LogP contribution >= 0.6 is 11.3 Å². The molecule has 1 atom stereocenters. The van der Waals surface area contributed by atoms with Gasteiger partial charge in [-0.25, -0.2) is 4.98 Å². The first-order valence-electron chi connectivity index (χ1n) is 9.77. The van der Waals surface area contributed by atoms with Gasteiger partial charge < -0.3 is 10.2 Å². The number of aromatic nitrogens is 1. The summed E-state index contributed by atoms with van der Waals surface area (Å²) in [5, 5.41) is 6.20. The second-order valence-corrected chi connectivity index (χ2v) is 8.34. The minimum Gasteiger partial charge on any atom is -0.355 e. The van der Waals surface area contributed by atoms with Crippen LogP contribution < -0.4 is 5.32 Å². The standard InChI is InChI=1S/C21H25N3O2S/c25-19(15-8-9-15)22-11-10-18-14-27-20(23-18)17-7-4-12-24(13-17)21(26)16-5-2-1-3-6-16/h1-3,5-6,14-15,17H,4,7-13H2,(H,22,25)/t17-/m1/s1. The largest absolute Gasteiger partial charge is 0.355 e. The van der Waals surface area contributed by atoms with Crippen molar-refractivity contribution >= 4 is 23.2 Å². The summed E-state index contributed by atoms with van der Waals surface area (Å²) in [6, 6.07) is 9.50. The van der Waals surface area contributed by atoms with Crippen molar-refractivity contribution in [3.63, 3.8) is 0 Å². The highest BCUT2D eigenvalue weighted by Crippen LogP contribution is 2.30. The number of hydrogen-bond acceptors (Lipinski definition) is 4. The maximum absolute atomic E-state index is 12.7. The van der Waals surface area contributed by atoms with Crippen molar-refractivity contribution in [2.24, 2.45) is 5.92 Å². The molecule has 1 saturated carbocycles. The molecule has 2 amide bonds. The second kappa shape index (κ2) is 8.21. The average Bonchev–Trinajstić information content (AvgIpc) is 3.47. The summed E-state index contributed by atoms with van der Waals surface area (Å²) in [5.41, 5.74) is 1.79. The normalized spacial score (nSPS) is 19.7. The lowest BCUT2D eigenvalue weighted by Gasteiger charge is -2.32. The van der Waals surface area contributed by atoms with Crippen LogP contribution in [-0.2, 0) is 11.2 Å². The molecule has 2 heterocycles. The maximum Gasteiger partial charge on any atom is 0.253 e. The third kappa shape index (κ3) is 4.56. The van der Waals surface area contributed by atoms with E-state index in [1.165, 1.54) is 0 Å². The number of carbonyl (C=O) groups is 2. The van der Waals surface area contributed by atoms with Gasteiger partial charge in [0.05, 0.1) is 10.7 Å². The van der Waals surface area contributed by atoms with Crippen LogP contribution in [0.15, 0.2) is 35.7 Å². The monoisotopic (exact) mass is 383 g/mol. The van der Waals surface area contributed by atoms with Crippen molar-refractivity contribution in [3.05, 3.63) is 52.0 Å². The van der Waals surface area contributed by atoms with Crippen LogP contribution in [0, 0.1) is 5.92 Å². The number of hydrogen-bond donors (Lipinski definition) is 1. The summed E-state index contributed by atoms with van der Waals surface area (Å²) < 4.78 is 0. The van der Waals surface area contributed by atoms with Crippen molar-refractivity contribution < 1.29 is 9.59 Å². The van der Waals surface area contributed by atoms with E-state index in [-0.39, 0.29) is 17.7 Å². The van der Waals surface area contributed by atoms with Crippen molar-refractivity contribution in [1.82, 2.24) is 15.2 Å². The SMILES string of the molecule is O=C(NCCc1csc([C@@H]2CCCN(C(=O)c3ccccc3)C2)n1)C1CC1. The highest BCUT2D eigenvalue weighted by molar-refractivity contribution is 7.09. The molecule has 0 unspecified atom stereocenters. The smallest absolute Gasteiger partial charge is 0.253 e. The van der Waals surface area contributed by atoms with Gasteiger partial charge in [-0.15, -0.1) is 11.3 Å². The fourth-order valence-electron chi connectivity index (χ4n) is 3.56. The van der Waals surface area contributed by atoms with Gasteiger partial charge in [0.2, 0.25) is 5.91 Å². The van der Waals surface area contributed by atoms with Crippen molar-refractivity contribution in [2.45, 2.75) is 38.0 Å². The van der Waals surface area contributed by atoms with Gasteiger partial charge in [-0.1, -0.05) is 18.2 Å². The van der Waals surface area contributed by atoms with E-state index in [0.29, 0.717) is 12.5 Å². The van der Waals surface area contributed by atoms with Crippen LogP contribution in [0.3, 0.4) is 0 Å². The fraction of sp³-hybridized carbons (Fsp3) is 0.476. The molecule has 1 N–H and O–H groups in total. The molecule has 1 aromatic heterocycles. The number of piperidine rings is 1. The molecular formula is C21H25N3O2S. The molecule has 0 radical (unpaired) electrons. The van der Waals surface area contributed by atoms with Gasteiger partial charge >= 0.3 is 0 Å². The number of nitrogens with zero attached hydrogens (tertiary/aromatic N) is 2. The van der Waals surface area contributed by atoms with E-state index < -0.39 is 0 Å². The molecule has 1 aliphatic carbocycles. The predicted octanol–water partition coefficient (Wildman–Crippen LogP) is 3.23. The number of benzene rings is 1. The molecular weight excluding hydrogens is 358 g/mol. The molecule has 2 aliphatic rings. The molecule has 2 aromatic rings. The summed E-state index contributed by atoms with van der Waals surface area (Å²) >= 11 is 1.68. The summed E-state index contributed by atoms with van der Waals surface area (Å²) in [6.07, 6.45) is 4.92. The number of nitrogens with one attached hydrogen (secondary N) is 1. The van der Waals surface area contributed by atoms with Crippen LogP contribution in [0.5, 0.6) is 0 Å². The lowest BCUT2D eigenvalue weighted by molar-refractivity contribution is -0.122. The summed E-state index contributed by atoms with van der Waals surface area (Å²) in [6.45, 7) is 2.20. The molecule has 6 heteroatoms. The topological polar surface area (TPSA) is 62.3 Å². The van der Waals surface area contributed by atoms with Crippen molar-refractivity contribution in [1.29, 1.82) is 0 Å². The molecule has 1 aliphatic heterocycles. The van der Waals surface area contributed by atoms with E-state index in [0.717, 1.165) is 61.5 Å². The molecule has 0 spiro atoms. The zero-order chi connectivity index (χ0) is 18.6. The Kier molecular flexibility index (Phi) is 5.53. The summed E-state index contributed by atoms with van der Waals surface area (Å²) in [4.78, 5) is 31.2. The van der Waals surface area contributed by atoms with E-state index in [2.05, 4.69) is 10.7 Å². The fourth-order valence-corrected chi connectivity index (χ4v) is 4.54. The van der Waals surface area contributed by atoms with E-state index in [9.17, 15) is 9.59 Å². The average molecular weight is 384 g/mol. The molecule has 1 saturated heterocycles. The van der Waals surface area contributed by atoms with E-state index in [4.69, 9.17) is 4.98 Å². The van der Waals surface area contributed by atoms with E-state index in [1.54, 1.807) is 11.3 Å². The minimum atomic E-state index is 0.111. The lowest BCUT2D eigenvalue weighted by Crippen LogP contribution is -2.39. The first-order valence-corrected chi connectivity index (χ1v) is 10.6. The Hall–Kier alpha value is -2.21. The zero-order valence-corrected chi connectivity index (χ0v) is 16.2. The number of thiazole rings is 1. The van der Waals surface area contributed by atoms with E-state index >= 15 is 0 Å². The van der Waals surface area contributed by atoms with Gasteiger partial charge in [0, 0.05) is 48.8 Å². The van der Waals surface area contributed by atoms with Gasteiger partial charge in [-0.3, -0.25) is 9.59 Å². The highest BCUT2D eigenvalue weighted by atomic mass is 32.1. The second-order valence-electron chi connectivity index (χ2n) is 7.45. The maximum atomic E-state index is 12.7. The van der Waals surface area contributed by atoms with Crippen LogP contribution in [0.4, 0.5) is 0 Å². The zero-order valence-electron chi connectivity index (χ0n) is 15.4. The number of carbonyl (C=O) groups excluding carboxylic acids is 2. The number of likely N-dealkylation sites (tertiary alicyclic amines) is 1. The Morgan fingerprint density at radius 1 is 1.19 bits per heavy atom. The minimum absolute atomic E-state index is 0.111. The number of amides is 2. The highest BCUT2D eigenvalue weighted by Gasteiger charge is 2.29. The summed E-state index contributed by atoms with van der Waals surface area (Å²) in [5.74, 6) is 0.866. The summed E-state index contributed by atoms with van der Waals surface area (Å²) in [7, 11) is 0. The Labute approximate surface area is 163 Å². The molecule has 1 aromatic carbocycles. The molecule has 2 fully saturated rings. The van der Waals surface area contributed by atoms with Gasteiger partial charge in [-0.05, 0) is 37.8 Å². The van der Waals surface area contributed by atoms with Crippen LogP contribution in [0.25, 0.3) is 0 Å². The Morgan fingerprint density at radius 3 is 2.78 bits per heavy atom. The molecule has 27 heavy (non-hydrogen) atoms. The number of rotatable bonds is 6. The molecule has 5 nitrogen and oxygen atoms in total. The van der Waals surface area contributed by atoms with E-state index in [1.807, 2.05) is 35.2 Å². The van der Waals surface area contributed by atoms with Crippen LogP contribution in [0.1, 0.15) is 52.7 Å². The van der Waals surface area contributed by atoms with Gasteiger partial charge in [-0.2, -0.15) is 0 Å². The van der Waals surface area contributed by atoms with Gasteiger partial charge in [0.1, 0.15) is 0 Å². The Morgan fingerprint density at radius 2 is 2.00 bits per heavy atom. The van der Waals surface area contributed by atoms with Crippen LogP contribution in [0.2, 0.25) is 0 Å². The molecule has 4 rings (SSSR count).